The average molecular weight is 556 g/mol. The highest BCUT2D eigenvalue weighted by molar-refractivity contribution is 7.85. The lowest BCUT2D eigenvalue weighted by molar-refractivity contribution is -0.150. The van der Waals surface area contributed by atoms with E-state index < -0.39 is 80.9 Å². The zero-order valence-corrected chi connectivity index (χ0v) is 19.9. The zero-order chi connectivity index (χ0) is 27.8. The molecule has 0 heterocycles. The van der Waals surface area contributed by atoms with Crippen molar-refractivity contribution in [1.29, 1.82) is 0 Å². The topological polar surface area (TPSA) is 107 Å². The Morgan fingerprint density at radius 2 is 1.29 bits per heavy atom. The molecule has 0 aliphatic heterocycles. The molecule has 0 aromatic heterocycles. The Bertz CT molecular complexity index is 1470. The van der Waals surface area contributed by atoms with Gasteiger partial charge >= 0.3 is 11.9 Å². The first-order chi connectivity index (χ1) is 17.9. The summed E-state index contributed by atoms with van der Waals surface area (Å²) in [5.41, 5.74) is 3.53. The second kappa shape index (κ2) is 10.5. The monoisotopic (exact) mass is 556 g/mol. The number of hydrogen-bond donors (Lipinski definition) is 1. The Kier molecular flexibility index (Phi) is 7.51. The number of halogens is 5. The summed E-state index contributed by atoms with van der Waals surface area (Å²) in [5, 5.41) is 0. The summed E-state index contributed by atoms with van der Waals surface area (Å²) in [6.07, 6.45) is -1.05. The normalized spacial score (nSPS) is 13.5. The minimum absolute atomic E-state index is 0.224. The summed E-state index contributed by atoms with van der Waals surface area (Å²) in [7, 11) is -4.96. The molecule has 0 unspecified atom stereocenters. The van der Waals surface area contributed by atoms with Crippen LogP contribution in [0.3, 0.4) is 0 Å². The van der Waals surface area contributed by atoms with Gasteiger partial charge in [-0.05, 0) is 22.3 Å². The molecule has 0 radical (unpaired) electrons. The van der Waals surface area contributed by atoms with Gasteiger partial charge in [0.05, 0.1) is 18.1 Å². The van der Waals surface area contributed by atoms with Crippen LogP contribution in [-0.4, -0.2) is 37.3 Å². The molecule has 7 nitrogen and oxygen atoms in total. The molecule has 0 spiro atoms. The predicted octanol–water partition coefficient (Wildman–Crippen LogP) is 4.54. The smallest absolute Gasteiger partial charge is 0.316 e. The number of fused-ring (bicyclic) bond motifs is 3. The Hall–Kier alpha value is -3.84. The maximum absolute atomic E-state index is 13.9. The van der Waals surface area contributed by atoms with E-state index >= 15 is 0 Å². The lowest BCUT2D eigenvalue weighted by Crippen LogP contribution is -2.31. The van der Waals surface area contributed by atoms with Crippen LogP contribution in [-0.2, 0) is 24.4 Å². The molecule has 1 aliphatic carbocycles. The molecule has 4 rings (SSSR count). The number of carbonyl (C=O) groups is 2. The van der Waals surface area contributed by atoms with Gasteiger partial charge in [0.15, 0.2) is 0 Å². The van der Waals surface area contributed by atoms with E-state index in [0.29, 0.717) is 0 Å². The van der Waals surface area contributed by atoms with Crippen LogP contribution in [0.15, 0.2) is 48.5 Å². The number of esters is 2. The Labute approximate surface area is 212 Å². The molecule has 3 aromatic rings. The van der Waals surface area contributed by atoms with Crippen LogP contribution in [0.1, 0.15) is 23.5 Å². The van der Waals surface area contributed by atoms with Crippen molar-refractivity contribution in [2.24, 2.45) is 5.92 Å². The fourth-order valence-electron chi connectivity index (χ4n) is 4.20. The van der Waals surface area contributed by atoms with E-state index in [4.69, 9.17) is 9.29 Å². The van der Waals surface area contributed by atoms with Gasteiger partial charge in [-0.3, -0.25) is 14.1 Å². The molecular formula is C25H17F5O7S. The molecule has 0 bridgehead atoms. The van der Waals surface area contributed by atoms with Crippen LogP contribution in [0.4, 0.5) is 22.0 Å². The molecule has 13 heteroatoms. The summed E-state index contributed by atoms with van der Waals surface area (Å²) < 4.78 is 109. The van der Waals surface area contributed by atoms with Crippen LogP contribution in [0.25, 0.3) is 11.1 Å². The molecule has 1 N–H and O–H groups in total. The Morgan fingerprint density at radius 1 is 0.816 bits per heavy atom. The Balaban J connectivity index is 1.51. The molecular weight excluding hydrogens is 539 g/mol. The Morgan fingerprint density at radius 3 is 1.79 bits per heavy atom. The first kappa shape index (κ1) is 27.2. The van der Waals surface area contributed by atoms with Gasteiger partial charge in [0.25, 0.3) is 10.1 Å². The number of hydrogen-bond acceptors (Lipinski definition) is 6. The predicted molar refractivity (Wildman–Crippen MR) is 121 cm³/mol. The van der Waals surface area contributed by atoms with E-state index in [1.807, 2.05) is 36.4 Å². The third-order valence-corrected chi connectivity index (χ3v) is 6.73. The summed E-state index contributed by atoms with van der Waals surface area (Å²) in [5.74, 6) is -21.2. The first-order valence-electron chi connectivity index (χ1n) is 10.9. The van der Waals surface area contributed by atoms with Crippen molar-refractivity contribution >= 4 is 22.1 Å². The molecule has 200 valence electrons. The summed E-state index contributed by atoms with van der Waals surface area (Å²) in [6, 6.07) is 14.7. The highest BCUT2D eigenvalue weighted by Gasteiger charge is 2.35. The van der Waals surface area contributed by atoms with Crippen molar-refractivity contribution in [2.75, 3.05) is 12.4 Å². The fourth-order valence-corrected chi connectivity index (χ4v) is 4.96. The van der Waals surface area contributed by atoms with Gasteiger partial charge in [0.2, 0.25) is 34.8 Å². The van der Waals surface area contributed by atoms with E-state index in [9.17, 15) is 40.0 Å². The van der Waals surface area contributed by atoms with E-state index in [0.717, 1.165) is 22.3 Å². The van der Waals surface area contributed by atoms with Crippen molar-refractivity contribution in [2.45, 2.75) is 12.3 Å². The van der Waals surface area contributed by atoms with Crippen LogP contribution >= 0.6 is 0 Å². The molecule has 1 aliphatic rings. The number of rotatable bonds is 8. The average Bonchev–Trinajstić information content (AvgIpc) is 3.20. The van der Waals surface area contributed by atoms with Gasteiger partial charge in [0, 0.05) is 5.92 Å². The lowest BCUT2D eigenvalue weighted by Gasteiger charge is -2.17. The number of benzene rings is 3. The maximum atomic E-state index is 13.9. The lowest BCUT2D eigenvalue weighted by atomic mass is 9.98. The van der Waals surface area contributed by atoms with Crippen molar-refractivity contribution in [1.82, 2.24) is 0 Å². The van der Waals surface area contributed by atoms with Crippen molar-refractivity contribution in [3.8, 4) is 16.9 Å². The molecule has 0 amide bonds. The summed E-state index contributed by atoms with van der Waals surface area (Å²) in [6.45, 7) is -0.224. The van der Waals surface area contributed by atoms with Gasteiger partial charge in [-0.25, -0.2) is 13.2 Å². The second-order valence-corrected chi connectivity index (χ2v) is 9.88. The van der Waals surface area contributed by atoms with Gasteiger partial charge in [-0.1, -0.05) is 48.5 Å². The molecule has 0 fully saturated rings. The zero-order valence-electron chi connectivity index (χ0n) is 19.1. The SMILES string of the molecule is O=C(C[C@@H](CS(=O)(=O)O)C(=O)Oc1c(F)c(F)c(F)c(F)c1F)OCC1c2ccccc2-c2ccccc21. The van der Waals surface area contributed by atoms with Crippen molar-refractivity contribution in [3.05, 3.63) is 88.7 Å². The van der Waals surface area contributed by atoms with Gasteiger partial charge in [0.1, 0.15) is 6.61 Å². The largest absolute Gasteiger partial charge is 0.465 e. The third kappa shape index (κ3) is 5.38. The van der Waals surface area contributed by atoms with E-state index in [2.05, 4.69) is 4.74 Å². The summed E-state index contributed by atoms with van der Waals surface area (Å²) in [4.78, 5) is 25.0. The number of carbonyl (C=O) groups excluding carboxylic acids is 2. The molecule has 0 saturated heterocycles. The first-order valence-corrected chi connectivity index (χ1v) is 12.5. The molecule has 3 aromatic carbocycles. The van der Waals surface area contributed by atoms with Crippen LogP contribution in [0.5, 0.6) is 5.75 Å². The van der Waals surface area contributed by atoms with E-state index in [-0.39, 0.29) is 6.61 Å². The maximum Gasteiger partial charge on any atom is 0.316 e. The summed E-state index contributed by atoms with van der Waals surface area (Å²) >= 11 is 0. The van der Waals surface area contributed by atoms with E-state index in [1.165, 1.54) is 0 Å². The third-order valence-electron chi connectivity index (χ3n) is 5.90. The van der Waals surface area contributed by atoms with Crippen LogP contribution < -0.4 is 4.74 Å². The van der Waals surface area contributed by atoms with Crippen molar-refractivity contribution in [3.63, 3.8) is 0 Å². The number of ether oxygens (including phenoxy) is 2. The van der Waals surface area contributed by atoms with E-state index in [1.54, 1.807) is 12.1 Å². The minimum atomic E-state index is -4.96. The highest BCUT2D eigenvalue weighted by atomic mass is 32.2. The van der Waals surface area contributed by atoms with Crippen molar-refractivity contribution < 1.29 is 54.0 Å². The van der Waals surface area contributed by atoms with Gasteiger partial charge < -0.3 is 9.47 Å². The molecule has 1 atom stereocenters. The molecule has 38 heavy (non-hydrogen) atoms. The second-order valence-electron chi connectivity index (χ2n) is 8.38. The molecule has 0 saturated carbocycles. The van der Waals surface area contributed by atoms with Gasteiger partial charge in [-0.2, -0.15) is 17.2 Å². The highest BCUT2D eigenvalue weighted by Crippen LogP contribution is 2.44. The quantitative estimate of drug-likeness (QED) is 0.108. The fraction of sp³-hybridized carbons (Fsp3) is 0.200. The van der Waals surface area contributed by atoms with Crippen LogP contribution in [0, 0.1) is 35.0 Å². The minimum Gasteiger partial charge on any atom is -0.465 e. The van der Waals surface area contributed by atoms with Crippen LogP contribution in [0.2, 0.25) is 0 Å². The standard InChI is InChI=1S/C25H17F5O7S/c26-19-20(27)22(29)24(23(30)21(19)28)37-25(32)12(11-38(33,34)35)9-18(31)36-10-17-15-7-3-1-5-13(15)14-6-2-4-8-16(14)17/h1-8,12,17H,9-11H2,(H,33,34,35)/t12-/m0/s1. The van der Waals surface area contributed by atoms with Gasteiger partial charge in [-0.15, -0.1) is 0 Å².